The van der Waals surface area contributed by atoms with Crippen molar-refractivity contribution in [3.8, 4) is 0 Å². The van der Waals surface area contributed by atoms with Crippen LogP contribution in [0.1, 0.15) is 49.2 Å². The highest BCUT2D eigenvalue weighted by atomic mass is 32.2. The second-order valence-electron chi connectivity index (χ2n) is 10.6. The molecule has 38 heavy (non-hydrogen) atoms. The van der Waals surface area contributed by atoms with Crippen LogP contribution in [-0.2, 0) is 15.0 Å². The minimum Gasteiger partial charge on any atom is -0.337 e. The van der Waals surface area contributed by atoms with E-state index in [4.69, 9.17) is 0 Å². The molecule has 0 aliphatic heterocycles. The van der Waals surface area contributed by atoms with E-state index in [9.17, 15) is 18.0 Å². The van der Waals surface area contributed by atoms with Gasteiger partial charge in [0, 0.05) is 49.9 Å². The topological polar surface area (TPSA) is 91.7 Å². The smallest absolute Gasteiger partial charge is 0.307 e. The molecule has 9 heteroatoms. The number of aromatic nitrogens is 1. The third-order valence-electron chi connectivity index (χ3n) is 5.97. The van der Waals surface area contributed by atoms with Crippen molar-refractivity contribution in [3.05, 3.63) is 77.1 Å². The number of carbonyl (C=O) groups is 2. The summed E-state index contributed by atoms with van der Waals surface area (Å²) in [6.45, 7) is 11.1. The summed E-state index contributed by atoms with van der Waals surface area (Å²) in [4.78, 5) is 28.9. The summed E-state index contributed by atoms with van der Waals surface area (Å²) in [5, 5.41) is 3.47. The van der Waals surface area contributed by atoms with Crippen LogP contribution in [-0.4, -0.2) is 60.6 Å². The van der Waals surface area contributed by atoms with E-state index in [2.05, 4.69) is 5.32 Å². The molecule has 2 aromatic carbocycles. The third kappa shape index (κ3) is 6.71. The monoisotopic (exact) mass is 538 g/mol. The van der Waals surface area contributed by atoms with E-state index in [1.807, 2.05) is 52.8 Å². The van der Waals surface area contributed by atoms with Gasteiger partial charge in [-0.25, -0.2) is 3.97 Å². The lowest BCUT2D eigenvalue weighted by Crippen LogP contribution is -2.42. The average Bonchev–Trinajstić information content (AvgIpc) is 3.21. The first kappa shape index (κ1) is 29.1. The van der Waals surface area contributed by atoms with Gasteiger partial charge in [-0.2, -0.15) is 12.7 Å². The van der Waals surface area contributed by atoms with E-state index in [-0.39, 0.29) is 23.4 Å². The molecule has 0 bridgehead atoms. The molecule has 0 saturated heterocycles. The van der Waals surface area contributed by atoms with Crippen molar-refractivity contribution in [2.45, 2.75) is 34.6 Å². The molecule has 0 atom stereocenters. The van der Waals surface area contributed by atoms with Crippen molar-refractivity contribution in [1.82, 2.24) is 18.5 Å². The lowest BCUT2D eigenvalue weighted by molar-refractivity contribution is -0.128. The maximum Gasteiger partial charge on any atom is 0.307 e. The van der Waals surface area contributed by atoms with Crippen LogP contribution in [0.4, 0.5) is 0 Å². The Morgan fingerprint density at radius 3 is 2.08 bits per heavy atom. The molecule has 8 nitrogen and oxygen atoms in total. The van der Waals surface area contributed by atoms with Gasteiger partial charge in [-0.05, 0) is 43.0 Å². The van der Waals surface area contributed by atoms with Gasteiger partial charge in [0.1, 0.15) is 5.70 Å². The first-order valence-corrected chi connectivity index (χ1v) is 14.1. The minimum absolute atomic E-state index is 0.0852. The molecular formula is C29H38N4O4S. The Bertz CT molecular complexity index is 1420. The number of hydrogen-bond acceptors (Lipinski definition) is 4. The van der Waals surface area contributed by atoms with Gasteiger partial charge in [-0.15, -0.1) is 0 Å². The van der Waals surface area contributed by atoms with Crippen molar-refractivity contribution in [2.24, 2.45) is 11.8 Å². The van der Waals surface area contributed by atoms with Crippen molar-refractivity contribution >= 4 is 39.0 Å². The Morgan fingerprint density at radius 2 is 1.53 bits per heavy atom. The number of nitrogens with zero attached hydrogens (tertiary/aromatic N) is 3. The SMILES string of the molecule is Cc1ccc(C(=O)N/C(=C\c2cn(S(=O)(=O)N(C)C)c3ccccc23)C(=O)N(CC(C)C)CC(C)C)cc1. The predicted molar refractivity (Wildman–Crippen MR) is 153 cm³/mol. The zero-order valence-electron chi connectivity index (χ0n) is 23.2. The molecule has 0 aliphatic rings. The van der Waals surface area contributed by atoms with E-state index in [1.165, 1.54) is 24.3 Å². The maximum atomic E-state index is 13.9. The molecular weight excluding hydrogens is 500 g/mol. The fraction of sp³-hybridized carbons (Fsp3) is 0.379. The number of benzene rings is 2. The van der Waals surface area contributed by atoms with Gasteiger partial charge < -0.3 is 10.2 Å². The molecule has 0 fully saturated rings. The summed E-state index contributed by atoms with van der Waals surface area (Å²) in [5.41, 5.74) is 2.51. The van der Waals surface area contributed by atoms with Gasteiger partial charge in [0.15, 0.2) is 0 Å². The molecule has 0 saturated carbocycles. The Balaban J connectivity index is 2.17. The van der Waals surface area contributed by atoms with Gasteiger partial charge in [0.05, 0.1) is 5.52 Å². The molecule has 0 unspecified atom stereocenters. The molecule has 0 spiro atoms. The van der Waals surface area contributed by atoms with Crippen LogP contribution in [0.3, 0.4) is 0 Å². The lowest BCUT2D eigenvalue weighted by Gasteiger charge is -2.27. The molecule has 1 heterocycles. The van der Waals surface area contributed by atoms with E-state index >= 15 is 0 Å². The summed E-state index contributed by atoms with van der Waals surface area (Å²) in [5.74, 6) is -0.291. The highest BCUT2D eigenvalue weighted by molar-refractivity contribution is 7.87. The normalized spacial score (nSPS) is 12.5. The first-order chi connectivity index (χ1) is 17.8. The minimum atomic E-state index is -3.82. The molecule has 204 valence electrons. The van der Waals surface area contributed by atoms with Crippen molar-refractivity contribution in [3.63, 3.8) is 0 Å². The van der Waals surface area contributed by atoms with Crippen LogP contribution < -0.4 is 5.32 Å². The number of amides is 2. The fourth-order valence-corrected chi connectivity index (χ4v) is 5.16. The number of rotatable bonds is 10. The molecule has 0 aliphatic carbocycles. The summed E-state index contributed by atoms with van der Waals surface area (Å²) in [7, 11) is -0.890. The van der Waals surface area contributed by atoms with Gasteiger partial charge in [-0.1, -0.05) is 63.6 Å². The van der Waals surface area contributed by atoms with Crippen LogP contribution in [0.15, 0.2) is 60.4 Å². The second kappa shape index (κ2) is 12.0. The van der Waals surface area contributed by atoms with Crippen LogP contribution >= 0.6 is 0 Å². The number of aryl methyl sites for hydroxylation is 1. The van der Waals surface area contributed by atoms with Crippen LogP contribution in [0.2, 0.25) is 0 Å². The van der Waals surface area contributed by atoms with Gasteiger partial charge in [-0.3, -0.25) is 9.59 Å². The molecule has 3 aromatic rings. The lowest BCUT2D eigenvalue weighted by atomic mass is 10.1. The van der Waals surface area contributed by atoms with E-state index in [0.717, 1.165) is 9.87 Å². The zero-order chi connectivity index (χ0) is 28.2. The third-order valence-corrected chi connectivity index (χ3v) is 7.69. The standard InChI is InChI=1S/C29H38N4O4S/c1-20(2)17-32(18-21(3)4)29(35)26(30-28(34)23-14-12-22(5)13-15-23)16-24-19-33(38(36,37)31(6)7)27-11-9-8-10-25(24)27/h8-16,19-21H,17-18H2,1-7H3,(H,30,34)/b26-16-. The highest BCUT2D eigenvalue weighted by Crippen LogP contribution is 2.26. The van der Waals surface area contributed by atoms with Crippen molar-refractivity contribution < 1.29 is 18.0 Å². The fourth-order valence-electron chi connectivity index (χ4n) is 4.16. The number of hydrogen-bond donors (Lipinski definition) is 1. The van der Waals surface area contributed by atoms with E-state index < -0.39 is 16.1 Å². The van der Waals surface area contributed by atoms with Crippen LogP contribution in [0, 0.1) is 18.8 Å². The Morgan fingerprint density at radius 1 is 0.947 bits per heavy atom. The number of carbonyl (C=O) groups excluding carboxylic acids is 2. The zero-order valence-corrected chi connectivity index (χ0v) is 24.0. The molecule has 1 aromatic heterocycles. The second-order valence-corrected chi connectivity index (χ2v) is 12.6. The van der Waals surface area contributed by atoms with Gasteiger partial charge in [0.2, 0.25) is 0 Å². The summed E-state index contributed by atoms with van der Waals surface area (Å²) in [6, 6.07) is 14.2. The first-order valence-electron chi connectivity index (χ1n) is 12.7. The Hall–Kier alpha value is -3.43. The largest absolute Gasteiger partial charge is 0.337 e. The molecule has 1 N–H and O–H groups in total. The number of nitrogens with one attached hydrogen (secondary N) is 1. The van der Waals surface area contributed by atoms with Gasteiger partial charge >= 0.3 is 10.2 Å². The van der Waals surface area contributed by atoms with Crippen LogP contribution in [0.25, 0.3) is 17.0 Å². The van der Waals surface area contributed by atoms with Crippen molar-refractivity contribution in [1.29, 1.82) is 0 Å². The molecule has 0 radical (unpaired) electrons. The highest BCUT2D eigenvalue weighted by Gasteiger charge is 2.25. The van der Waals surface area contributed by atoms with E-state index in [1.54, 1.807) is 41.3 Å². The average molecular weight is 539 g/mol. The Kier molecular flexibility index (Phi) is 9.17. The molecule has 3 rings (SSSR count). The number of para-hydroxylation sites is 1. The van der Waals surface area contributed by atoms with E-state index in [0.29, 0.717) is 35.1 Å². The summed E-state index contributed by atoms with van der Waals surface area (Å²) >= 11 is 0. The van der Waals surface area contributed by atoms with Crippen LogP contribution in [0.5, 0.6) is 0 Å². The summed E-state index contributed by atoms with van der Waals surface area (Å²) in [6.07, 6.45) is 3.06. The quantitative estimate of drug-likeness (QED) is 0.385. The summed E-state index contributed by atoms with van der Waals surface area (Å²) < 4.78 is 28.4. The van der Waals surface area contributed by atoms with Gasteiger partial charge in [0.25, 0.3) is 11.8 Å². The number of fused-ring (bicyclic) bond motifs is 1. The Labute approximate surface area is 226 Å². The predicted octanol–water partition coefficient (Wildman–Crippen LogP) is 4.52. The molecule has 2 amide bonds. The maximum absolute atomic E-state index is 13.9. The van der Waals surface area contributed by atoms with Crippen molar-refractivity contribution in [2.75, 3.05) is 27.2 Å².